The van der Waals surface area contributed by atoms with Gasteiger partial charge in [0.1, 0.15) is 13.2 Å². The molecular formula is C82H139NO8. The standard InChI is InChI=1S/C82H139NO8/c1-6-8-10-12-14-16-18-20-22-24-26-28-30-32-34-36-37-38-39-40-41-42-43-45-47-49-51-53-55-57-59-61-63-65-67-69-71-73-80(85)91-78(77-90-82(81(86)87)88-75-74-83(3,4)5)76-89-79(84)72-70-68-66-64-62-60-58-56-54-52-50-48-46-44-35-33-31-29-27-25-23-21-19-17-15-13-11-9-7-2/h8,10,14,16,19-22,25-28,31-34,37-38,40-41,43,45,78,82H,6-7,9,11-13,15,17-18,23-24,29-30,35-36,39,42,44,46-77H2,1-5H3/b10-8-,16-14-,21-19-,22-20-,27-25-,28-26-,33-31-,34-32-,38-37-,41-40-,45-43-. The van der Waals surface area contributed by atoms with Crippen molar-refractivity contribution in [2.75, 3.05) is 47.5 Å². The van der Waals surface area contributed by atoms with Gasteiger partial charge in [0.15, 0.2) is 12.4 Å². The Morgan fingerprint density at radius 3 is 0.934 bits per heavy atom. The molecule has 0 aliphatic rings. The van der Waals surface area contributed by atoms with E-state index in [4.69, 9.17) is 18.9 Å². The lowest BCUT2D eigenvalue weighted by Gasteiger charge is -2.26. The van der Waals surface area contributed by atoms with Crippen molar-refractivity contribution in [3.05, 3.63) is 134 Å². The highest BCUT2D eigenvalue weighted by molar-refractivity contribution is 5.70. The molecular weight excluding hydrogens is 1130 g/mol. The number of ether oxygens (including phenoxy) is 4. The number of carboxylic acid groups (broad SMARTS) is 1. The van der Waals surface area contributed by atoms with Crippen LogP contribution in [0.3, 0.4) is 0 Å². The highest BCUT2D eigenvalue weighted by atomic mass is 16.7. The molecule has 0 fully saturated rings. The van der Waals surface area contributed by atoms with Crippen LogP contribution in [0.2, 0.25) is 0 Å². The summed E-state index contributed by atoms with van der Waals surface area (Å²) in [5.41, 5.74) is 0. The van der Waals surface area contributed by atoms with E-state index >= 15 is 0 Å². The molecule has 2 unspecified atom stereocenters. The second-order valence-electron chi connectivity index (χ2n) is 25.9. The molecule has 0 amide bonds. The van der Waals surface area contributed by atoms with Crippen molar-refractivity contribution < 1.29 is 42.9 Å². The van der Waals surface area contributed by atoms with Gasteiger partial charge in [-0.2, -0.15) is 0 Å². The zero-order valence-corrected chi connectivity index (χ0v) is 59.4. The molecule has 0 heterocycles. The predicted octanol–water partition coefficient (Wildman–Crippen LogP) is 22.4. The lowest BCUT2D eigenvalue weighted by atomic mass is 10.0. The maximum absolute atomic E-state index is 13.0. The Bertz CT molecular complexity index is 1960. The van der Waals surface area contributed by atoms with Crippen molar-refractivity contribution in [2.45, 2.75) is 322 Å². The van der Waals surface area contributed by atoms with E-state index in [1.807, 2.05) is 21.1 Å². The average molecular weight is 1270 g/mol. The van der Waals surface area contributed by atoms with E-state index in [0.29, 0.717) is 17.4 Å². The first-order valence-corrected chi connectivity index (χ1v) is 37.3. The molecule has 0 aromatic heterocycles. The number of nitrogens with zero attached hydrogens (tertiary/aromatic N) is 1. The van der Waals surface area contributed by atoms with E-state index in [1.165, 1.54) is 173 Å². The van der Waals surface area contributed by atoms with Gasteiger partial charge >= 0.3 is 11.9 Å². The number of hydrogen-bond donors (Lipinski definition) is 0. The molecule has 0 spiro atoms. The summed E-state index contributed by atoms with van der Waals surface area (Å²) in [6, 6.07) is 0. The number of aliphatic carboxylic acids is 1. The van der Waals surface area contributed by atoms with Crippen molar-refractivity contribution in [2.24, 2.45) is 0 Å². The van der Waals surface area contributed by atoms with Crippen molar-refractivity contribution in [1.29, 1.82) is 0 Å². The van der Waals surface area contributed by atoms with E-state index in [1.54, 1.807) is 0 Å². The first-order chi connectivity index (χ1) is 44.6. The first kappa shape index (κ1) is 86.4. The number of rotatable bonds is 68. The fourth-order valence-electron chi connectivity index (χ4n) is 10.2. The summed E-state index contributed by atoms with van der Waals surface area (Å²) in [5, 5.41) is 11.8. The van der Waals surface area contributed by atoms with Crippen LogP contribution < -0.4 is 5.11 Å². The lowest BCUT2D eigenvalue weighted by Crippen LogP contribution is -2.44. The number of hydrogen-bond acceptors (Lipinski definition) is 8. The average Bonchev–Trinajstić information content (AvgIpc) is 3.50. The van der Waals surface area contributed by atoms with E-state index in [0.717, 1.165) is 103 Å². The first-order valence-electron chi connectivity index (χ1n) is 37.3. The molecule has 0 aromatic rings. The molecule has 0 saturated carbocycles. The minimum absolute atomic E-state index is 0.142. The number of likely N-dealkylation sites (N-methyl/N-ethyl adjacent to an activating group) is 1. The molecule has 91 heavy (non-hydrogen) atoms. The molecule has 0 aliphatic carbocycles. The maximum atomic E-state index is 13.0. The molecule has 0 aromatic carbocycles. The molecule has 0 bridgehead atoms. The molecule has 0 saturated heterocycles. The largest absolute Gasteiger partial charge is 0.545 e. The molecule has 0 rings (SSSR count). The minimum atomic E-state index is -1.63. The number of carbonyl (C=O) groups is 3. The summed E-state index contributed by atoms with van der Waals surface area (Å²) in [6.07, 6.45) is 99.6. The van der Waals surface area contributed by atoms with Crippen LogP contribution in [-0.4, -0.2) is 82.3 Å². The fraction of sp³-hybridized carbons (Fsp3) is 0.695. The number of carboxylic acids is 1. The highest BCUT2D eigenvalue weighted by Crippen LogP contribution is 2.17. The summed E-state index contributed by atoms with van der Waals surface area (Å²) in [7, 11) is 5.93. The van der Waals surface area contributed by atoms with Crippen molar-refractivity contribution in [3.8, 4) is 0 Å². The Kier molecular flexibility index (Phi) is 67.7. The van der Waals surface area contributed by atoms with Crippen LogP contribution in [0.5, 0.6) is 0 Å². The topological polar surface area (TPSA) is 111 Å². The normalized spacial score (nSPS) is 13.5. The lowest BCUT2D eigenvalue weighted by molar-refractivity contribution is -0.870. The van der Waals surface area contributed by atoms with Gasteiger partial charge in [-0.05, 0) is 116 Å². The Morgan fingerprint density at radius 2 is 0.626 bits per heavy atom. The summed E-state index contributed by atoms with van der Waals surface area (Å²) >= 11 is 0. The van der Waals surface area contributed by atoms with Crippen molar-refractivity contribution in [1.82, 2.24) is 0 Å². The van der Waals surface area contributed by atoms with Crippen LogP contribution in [0.25, 0.3) is 0 Å². The van der Waals surface area contributed by atoms with Crippen LogP contribution in [0.4, 0.5) is 0 Å². The Hall–Kier alpha value is -4.57. The smallest absolute Gasteiger partial charge is 0.306 e. The highest BCUT2D eigenvalue weighted by Gasteiger charge is 2.22. The van der Waals surface area contributed by atoms with Gasteiger partial charge in [0.05, 0.1) is 40.3 Å². The summed E-state index contributed by atoms with van der Waals surface area (Å²) in [6.45, 7) is 4.64. The van der Waals surface area contributed by atoms with Crippen LogP contribution in [-0.2, 0) is 33.3 Å². The number of carbonyl (C=O) groups excluding carboxylic acids is 3. The van der Waals surface area contributed by atoms with Gasteiger partial charge in [0, 0.05) is 12.8 Å². The van der Waals surface area contributed by atoms with Crippen LogP contribution in [0.1, 0.15) is 309 Å². The maximum Gasteiger partial charge on any atom is 0.306 e. The molecule has 0 radical (unpaired) electrons. The van der Waals surface area contributed by atoms with Gasteiger partial charge in [-0.3, -0.25) is 9.59 Å². The van der Waals surface area contributed by atoms with E-state index in [-0.39, 0.29) is 38.6 Å². The zero-order chi connectivity index (χ0) is 66.1. The Balaban J connectivity index is 4.12. The van der Waals surface area contributed by atoms with Crippen LogP contribution in [0, 0.1) is 0 Å². The summed E-state index contributed by atoms with van der Waals surface area (Å²) < 4.78 is 22.8. The van der Waals surface area contributed by atoms with E-state index < -0.39 is 24.3 Å². The SMILES string of the molecule is CC/C=C\C/C=C\C/C=C\C/C=C\C/C=C\C/C=C\C/C=C\C/C=C\CCCCCCCCCCCCCCC(=O)OC(COC(=O)CCCCCCCCCCCCCCCC/C=C\C/C=C\C/C=C\CCCCCCC)COC(OCC[N+](C)(C)C)C(=O)[O-]. The quantitative estimate of drug-likeness (QED) is 0.0195. The second kappa shape index (κ2) is 71.3. The van der Waals surface area contributed by atoms with Crippen molar-refractivity contribution >= 4 is 17.9 Å². The van der Waals surface area contributed by atoms with E-state index in [2.05, 4.69) is 148 Å². The Morgan fingerprint density at radius 1 is 0.341 bits per heavy atom. The second-order valence-corrected chi connectivity index (χ2v) is 25.9. The van der Waals surface area contributed by atoms with Gasteiger partial charge in [-0.25, -0.2) is 0 Å². The molecule has 0 aliphatic heterocycles. The molecule has 2 atom stereocenters. The monoisotopic (exact) mass is 1270 g/mol. The van der Waals surface area contributed by atoms with Crippen LogP contribution >= 0.6 is 0 Å². The number of esters is 2. The molecule has 9 nitrogen and oxygen atoms in total. The van der Waals surface area contributed by atoms with Crippen LogP contribution in [0.15, 0.2) is 134 Å². The third-order valence-electron chi connectivity index (χ3n) is 15.9. The van der Waals surface area contributed by atoms with Gasteiger partial charge in [-0.1, -0.05) is 314 Å². The number of quaternary nitrogens is 1. The predicted molar refractivity (Wildman–Crippen MR) is 389 cm³/mol. The number of unbranched alkanes of at least 4 members (excludes halogenated alkanes) is 31. The van der Waals surface area contributed by atoms with E-state index in [9.17, 15) is 19.5 Å². The molecule has 0 N–H and O–H groups in total. The number of allylic oxidation sites excluding steroid dienone is 22. The minimum Gasteiger partial charge on any atom is -0.545 e. The van der Waals surface area contributed by atoms with Gasteiger partial charge in [0.25, 0.3) is 0 Å². The Labute approximate surface area is 560 Å². The molecule has 520 valence electrons. The van der Waals surface area contributed by atoms with Gasteiger partial charge in [-0.15, -0.1) is 0 Å². The fourth-order valence-corrected chi connectivity index (χ4v) is 10.2. The third kappa shape index (κ3) is 72.7. The summed E-state index contributed by atoms with van der Waals surface area (Å²) in [4.78, 5) is 37.6. The summed E-state index contributed by atoms with van der Waals surface area (Å²) in [5.74, 6) is -2.28. The van der Waals surface area contributed by atoms with Gasteiger partial charge in [0.2, 0.25) is 0 Å². The third-order valence-corrected chi connectivity index (χ3v) is 15.9. The molecule has 9 heteroatoms. The van der Waals surface area contributed by atoms with Gasteiger partial charge < -0.3 is 33.3 Å². The zero-order valence-electron chi connectivity index (χ0n) is 59.4. The van der Waals surface area contributed by atoms with Crippen molar-refractivity contribution in [3.63, 3.8) is 0 Å².